The molecule has 0 atom stereocenters. The lowest BCUT2D eigenvalue weighted by Gasteiger charge is -2.40. The van der Waals surface area contributed by atoms with Crippen molar-refractivity contribution in [3.05, 3.63) is 46.7 Å². The Bertz CT molecular complexity index is 634. The highest BCUT2D eigenvalue weighted by molar-refractivity contribution is 8.45. The summed E-state index contributed by atoms with van der Waals surface area (Å²) in [5, 5.41) is 3.98. The predicted molar refractivity (Wildman–Crippen MR) is 70.1 cm³/mol. The predicted octanol–water partition coefficient (Wildman–Crippen LogP) is 5.66. The highest BCUT2D eigenvalue weighted by atomic mass is 32.5. The average Bonchev–Trinajstić information content (AvgIpc) is 2.79. The van der Waals surface area contributed by atoms with Crippen LogP contribution in [-0.2, 0) is 0 Å². The van der Waals surface area contributed by atoms with Gasteiger partial charge < -0.3 is 5.32 Å². The van der Waals surface area contributed by atoms with E-state index >= 15 is 0 Å². The van der Waals surface area contributed by atoms with Crippen LogP contribution >= 0.6 is 21.6 Å². The van der Waals surface area contributed by atoms with Gasteiger partial charge in [0, 0.05) is 5.69 Å². The largest absolute Gasteiger partial charge is 0.321 e. The second-order valence-corrected chi connectivity index (χ2v) is 7.28. The van der Waals surface area contributed by atoms with Gasteiger partial charge in [-0.15, -0.1) is 11.3 Å². The van der Waals surface area contributed by atoms with Crippen molar-refractivity contribution in [3.63, 3.8) is 0 Å². The Hall–Kier alpha value is -1.61. The van der Waals surface area contributed by atoms with E-state index in [2.05, 4.69) is 5.32 Å². The molecule has 20 heavy (non-hydrogen) atoms. The van der Waals surface area contributed by atoms with Gasteiger partial charge in [-0.25, -0.2) is 0 Å². The molecule has 1 aromatic heterocycles. The van der Waals surface area contributed by atoms with E-state index in [-0.39, 0.29) is 17.8 Å². The maximum atomic E-state index is 12.5. The van der Waals surface area contributed by atoms with Gasteiger partial charge in [0.05, 0.1) is 4.88 Å². The molecule has 9 heteroatoms. The molecule has 1 amide bonds. The fraction of sp³-hybridized carbons (Fsp3) is 0. The SMILES string of the molecule is O=C(Nc1ccc(S(F)(F)(F)(F)F)cc1)c1cccs1. The lowest BCUT2D eigenvalue weighted by atomic mass is 10.3. The third-order valence-corrected chi connectivity index (χ3v) is 4.33. The number of thiophene rings is 1. The molecule has 0 saturated carbocycles. The first-order valence-electron chi connectivity index (χ1n) is 5.15. The number of nitrogens with one attached hydrogen (secondary N) is 1. The maximum Gasteiger partial charge on any atom is 0.310 e. The van der Waals surface area contributed by atoms with Crippen molar-refractivity contribution in [2.75, 3.05) is 5.32 Å². The molecule has 2 aromatic rings. The summed E-state index contributed by atoms with van der Waals surface area (Å²) in [6.45, 7) is 0. The summed E-state index contributed by atoms with van der Waals surface area (Å²) in [4.78, 5) is 10.00. The zero-order valence-electron chi connectivity index (χ0n) is 9.66. The zero-order valence-corrected chi connectivity index (χ0v) is 11.3. The van der Waals surface area contributed by atoms with Crippen LogP contribution in [0.4, 0.5) is 25.1 Å². The van der Waals surface area contributed by atoms with Crippen molar-refractivity contribution in [1.29, 1.82) is 0 Å². The standard InChI is InChI=1S/C11H8F5NOS2/c12-20(13,14,15,16)9-5-3-8(4-6-9)17-11(18)10-2-1-7-19-10/h1-7H,(H,17,18). The molecule has 1 aromatic carbocycles. The van der Waals surface area contributed by atoms with Gasteiger partial charge in [0.1, 0.15) is 4.90 Å². The van der Waals surface area contributed by atoms with Gasteiger partial charge in [0.25, 0.3) is 5.91 Å². The Morgan fingerprint density at radius 2 is 1.60 bits per heavy atom. The monoisotopic (exact) mass is 329 g/mol. The van der Waals surface area contributed by atoms with E-state index in [1.807, 2.05) is 0 Å². The van der Waals surface area contributed by atoms with Gasteiger partial charge in [-0.2, -0.15) is 0 Å². The van der Waals surface area contributed by atoms with Crippen LogP contribution in [0, 0.1) is 0 Å². The molecule has 0 fully saturated rings. The minimum atomic E-state index is -9.66. The quantitative estimate of drug-likeness (QED) is 0.724. The summed E-state index contributed by atoms with van der Waals surface area (Å²) in [7, 11) is -9.66. The Kier molecular flexibility index (Phi) is 2.92. The van der Waals surface area contributed by atoms with E-state index in [1.54, 1.807) is 11.4 Å². The Morgan fingerprint density at radius 1 is 1.00 bits per heavy atom. The maximum absolute atomic E-state index is 12.5. The second kappa shape index (κ2) is 3.95. The van der Waals surface area contributed by atoms with Crippen LogP contribution in [0.2, 0.25) is 0 Å². The molecule has 0 bridgehead atoms. The number of carbonyl (C=O) groups excluding carboxylic acids is 1. The molecule has 0 aliphatic rings. The Morgan fingerprint density at radius 3 is 2.05 bits per heavy atom. The highest BCUT2D eigenvalue weighted by Gasteiger charge is 2.65. The number of halogens is 5. The smallest absolute Gasteiger partial charge is 0.310 e. The van der Waals surface area contributed by atoms with E-state index in [9.17, 15) is 24.2 Å². The first kappa shape index (κ1) is 14.8. The molecule has 0 unspecified atom stereocenters. The van der Waals surface area contributed by atoms with Crippen molar-refractivity contribution in [3.8, 4) is 0 Å². The Labute approximate surface area is 115 Å². The molecule has 1 heterocycles. The first-order valence-corrected chi connectivity index (χ1v) is 7.98. The van der Waals surface area contributed by atoms with Crippen molar-refractivity contribution < 1.29 is 24.2 Å². The van der Waals surface area contributed by atoms with Gasteiger partial charge in [0.2, 0.25) is 0 Å². The molecule has 110 valence electrons. The Balaban J connectivity index is 2.20. The summed E-state index contributed by atoms with van der Waals surface area (Å²) in [6.07, 6.45) is 0. The number of hydrogen-bond acceptors (Lipinski definition) is 2. The summed E-state index contributed by atoms with van der Waals surface area (Å²) < 4.78 is 62.4. The highest BCUT2D eigenvalue weighted by Crippen LogP contribution is 3.02. The van der Waals surface area contributed by atoms with E-state index in [0.717, 1.165) is 23.5 Å². The van der Waals surface area contributed by atoms with Crippen LogP contribution in [0.15, 0.2) is 46.7 Å². The van der Waals surface area contributed by atoms with Crippen molar-refractivity contribution >= 4 is 33.2 Å². The third kappa shape index (κ3) is 3.48. The molecule has 0 aliphatic carbocycles. The zero-order chi connectivity index (χ0) is 15.1. The number of rotatable bonds is 3. The molecule has 0 saturated heterocycles. The molecular weight excluding hydrogens is 321 g/mol. The topological polar surface area (TPSA) is 29.1 Å². The van der Waals surface area contributed by atoms with Crippen LogP contribution in [0.3, 0.4) is 0 Å². The van der Waals surface area contributed by atoms with E-state index in [4.69, 9.17) is 0 Å². The summed E-state index contributed by atoms with van der Waals surface area (Å²) in [6, 6.07) is 5.26. The number of anilines is 1. The van der Waals surface area contributed by atoms with Crippen molar-refractivity contribution in [1.82, 2.24) is 0 Å². The summed E-state index contributed by atoms with van der Waals surface area (Å²) in [5.41, 5.74) is 0.00833. The lowest BCUT2D eigenvalue weighted by molar-refractivity contribution is 0.103. The lowest BCUT2D eigenvalue weighted by Crippen LogP contribution is -2.10. The van der Waals surface area contributed by atoms with E-state index in [0.29, 0.717) is 4.88 Å². The van der Waals surface area contributed by atoms with E-state index < -0.39 is 21.0 Å². The minimum absolute atomic E-state index is 0.00833. The second-order valence-electron chi connectivity index (χ2n) is 3.92. The normalized spacial score (nSPS) is 15.2. The molecule has 0 radical (unpaired) electrons. The van der Waals surface area contributed by atoms with Crippen LogP contribution < -0.4 is 5.32 Å². The first-order chi connectivity index (χ1) is 8.95. The minimum Gasteiger partial charge on any atom is -0.321 e. The fourth-order valence-corrected chi connectivity index (χ4v) is 2.67. The van der Waals surface area contributed by atoms with Gasteiger partial charge in [-0.3, -0.25) is 4.79 Å². The molecule has 1 N–H and O–H groups in total. The van der Waals surface area contributed by atoms with Gasteiger partial charge in [0.15, 0.2) is 0 Å². The van der Waals surface area contributed by atoms with Crippen molar-refractivity contribution in [2.45, 2.75) is 4.90 Å². The molecular formula is C11H8F5NOS2. The molecule has 0 spiro atoms. The van der Waals surface area contributed by atoms with Crippen molar-refractivity contribution in [2.24, 2.45) is 0 Å². The number of amides is 1. The van der Waals surface area contributed by atoms with Crippen LogP contribution in [0.25, 0.3) is 0 Å². The number of hydrogen-bond donors (Lipinski definition) is 1. The van der Waals surface area contributed by atoms with E-state index in [1.165, 1.54) is 6.07 Å². The third-order valence-electron chi connectivity index (χ3n) is 2.30. The summed E-state index contributed by atoms with van der Waals surface area (Å²) in [5.74, 6) is -0.514. The van der Waals surface area contributed by atoms with Gasteiger partial charge >= 0.3 is 10.2 Å². The average molecular weight is 329 g/mol. The van der Waals surface area contributed by atoms with Gasteiger partial charge in [-0.1, -0.05) is 25.5 Å². The molecule has 0 aliphatic heterocycles. The van der Waals surface area contributed by atoms with Crippen LogP contribution in [0.1, 0.15) is 9.67 Å². The number of benzene rings is 1. The van der Waals surface area contributed by atoms with Gasteiger partial charge in [-0.05, 0) is 35.7 Å². The number of carbonyl (C=O) groups is 1. The van der Waals surface area contributed by atoms with Crippen LogP contribution in [-0.4, -0.2) is 5.91 Å². The summed E-state index contributed by atoms with van der Waals surface area (Å²) >= 11 is 1.15. The van der Waals surface area contributed by atoms with Crippen LogP contribution in [0.5, 0.6) is 0 Å². The molecule has 2 rings (SSSR count). The fourth-order valence-electron chi connectivity index (χ4n) is 1.40. The molecule has 2 nitrogen and oxygen atoms in total.